The van der Waals surface area contributed by atoms with Gasteiger partial charge in [0.15, 0.2) is 0 Å². The first-order valence-electron chi connectivity index (χ1n) is 6.68. The molecule has 0 fully saturated rings. The van der Waals surface area contributed by atoms with Crippen LogP contribution in [-0.2, 0) is 6.54 Å². The molecule has 0 aliphatic rings. The lowest BCUT2D eigenvalue weighted by molar-refractivity contribution is 0.618. The largest absolute Gasteiger partial charge is 0.381 e. The topological polar surface area (TPSA) is 51.6 Å². The molecule has 21 heavy (non-hydrogen) atoms. The zero-order valence-corrected chi connectivity index (χ0v) is 11.6. The maximum atomic E-state index is 13.8. The van der Waals surface area contributed by atoms with Crippen molar-refractivity contribution in [1.29, 1.82) is 5.26 Å². The van der Waals surface area contributed by atoms with Crippen molar-refractivity contribution in [1.82, 2.24) is 4.98 Å². The molecule has 0 aliphatic carbocycles. The van der Waals surface area contributed by atoms with Crippen molar-refractivity contribution in [2.75, 3.05) is 5.32 Å². The number of aromatic amines is 1. The van der Waals surface area contributed by atoms with Gasteiger partial charge in [-0.15, -0.1) is 0 Å². The fourth-order valence-corrected chi connectivity index (χ4v) is 2.41. The third kappa shape index (κ3) is 2.46. The summed E-state index contributed by atoms with van der Waals surface area (Å²) in [6, 6.07) is 13.0. The second-order valence-corrected chi connectivity index (χ2v) is 4.96. The normalized spacial score (nSPS) is 10.5. The summed E-state index contributed by atoms with van der Waals surface area (Å²) < 4.78 is 13.8. The van der Waals surface area contributed by atoms with E-state index in [2.05, 4.69) is 10.3 Å². The van der Waals surface area contributed by atoms with Crippen LogP contribution in [0.1, 0.15) is 16.7 Å². The zero-order valence-electron chi connectivity index (χ0n) is 11.6. The van der Waals surface area contributed by atoms with Gasteiger partial charge in [0.1, 0.15) is 5.82 Å². The van der Waals surface area contributed by atoms with Gasteiger partial charge in [-0.05, 0) is 36.1 Å². The lowest BCUT2D eigenvalue weighted by Gasteiger charge is -2.11. The molecule has 0 spiro atoms. The summed E-state index contributed by atoms with van der Waals surface area (Å²) in [6.07, 6.45) is 1.90. The molecule has 0 atom stereocenters. The molecular formula is C17H14FN3. The van der Waals surface area contributed by atoms with E-state index in [1.165, 1.54) is 6.07 Å². The van der Waals surface area contributed by atoms with E-state index in [1.54, 1.807) is 13.0 Å². The standard InChI is InChI=1S/C17H14FN3/c1-11-15(18)7-12(9-19)8-16(11)21-10-14-4-2-3-13-5-6-20-17(13)14/h2-8,20-21H,10H2,1H3. The van der Waals surface area contributed by atoms with Crippen LogP contribution in [0.4, 0.5) is 10.1 Å². The Labute approximate surface area is 122 Å². The van der Waals surface area contributed by atoms with Crippen molar-refractivity contribution in [3.05, 3.63) is 65.1 Å². The molecule has 0 unspecified atom stereocenters. The summed E-state index contributed by atoms with van der Waals surface area (Å²) in [5.74, 6) is -0.366. The number of para-hydroxylation sites is 1. The first kappa shape index (κ1) is 13.2. The highest BCUT2D eigenvalue weighted by molar-refractivity contribution is 5.82. The third-order valence-electron chi connectivity index (χ3n) is 3.62. The molecular weight excluding hydrogens is 265 g/mol. The number of H-pyrrole nitrogens is 1. The smallest absolute Gasteiger partial charge is 0.129 e. The Balaban J connectivity index is 1.90. The van der Waals surface area contributed by atoms with Crippen LogP contribution in [0.3, 0.4) is 0 Å². The molecule has 3 aromatic rings. The van der Waals surface area contributed by atoms with Crippen LogP contribution in [0, 0.1) is 24.1 Å². The number of hydrogen-bond donors (Lipinski definition) is 2. The van der Waals surface area contributed by atoms with Gasteiger partial charge in [-0.2, -0.15) is 5.26 Å². The van der Waals surface area contributed by atoms with E-state index in [0.717, 1.165) is 16.5 Å². The highest BCUT2D eigenvalue weighted by atomic mass is 19.1. The van der Waals surface area contributed by atoms with E-state index >= 15 is 0 Å². The summed E-state index contributed by atoms with van der Waals surface area (Å²) in [4.78, 5) is 3.21. The van der Waals surface area contributed by atoms with Crippen molar-refractivity contribution in [2.45, 2.75) is 13.5 Å². The van der Waals surface area contributed by atoms with E-state index in [-0.39, 0.29) is 5.82 Å². The molecule has 3 nitrogen and oxygen atoms in total. The van der Waals surface area contributed by atoms with E-state index in [1.807, 2.05) is 36.5 Å². The maximum absolute atomic E-state index is 13.8. The van der Waals surface area contributed by atoms with E-state index in [9.17, 15) is 4.39 Å². The highest BCUT2D eigenvalue weighted by Gasteiger charge is 2.08. The fourth-order valence-electron chi connectivity index (χ4n) is 2.41. The van der Waals surface area contributed by atoms with Crippen molar-refractivity contribution in [3.8, 4) is 6.07 Å². The van der Waals surface area contributed by atoms with Gasteiger partial charge in [0.25, 0.3) is 0 Å². The molecule has 1 heterocycles. The molecule has 104 valence electrons. The van der Waals surface area contributed by atoms with Gasteiger partial charge in [0, 0.05) is 24.0 Å². The Hall–Kier alpha value is -2.80. The molecule has 2 aromatic carbocycles. The van der Waals surface area contributed by atoms with Crippen molar-refractivity contribution < 1.29 is 4.39 Å². The Bertz CT molecular complexity index is 843. The SMILES string of the molecule is Cc1c(F)cc(C#N)cc1NCc1cccc2cc[nH]c12. The lowest BCUT2D eigenvalue weighted by atomic mass is 10.1. The monoisotopic (exact) mass is 279 g/mol. The number of anilines is 1. The molecule has 3 rings (SSSR count). The molecule has 0 bridgehead atoms. The van der Waals surface area contributed by atoms with Crippen LogP contribution in [0.2, 0.25) is 0 Å². The summed E-state index contributed by atoms with van der Waals surface area (Å²) in [5, 5.41) is 13.3. The average Bonchev–Trinajstić information content (AvgIpc) is 2.97. The summed E-state index contributed by atoms with van der Waals surface area (Å²) >= 11 is 0. The molecule has 2 N–H and O–H groups in total. The molecule has 0 amide bonds. The predicted octanol–water partition coefficient (Wildman–Crippen LogP) is 4.10. The average molecular weight is 279 g/mol. The van der Waals surface area contributed by atoms with E-state index < -0.39 is 0 Å². The molecule has 0 aliphatic heterocycles. The van der Waals surface area contributed by atoms with Gasteiger partial charge in [-0.1, -0.05) is 18.2 Å². The zero-order chi connectivity index (χ0) is 14.8. The number of nitriles is 1. The van der Waals surface area contributed by atoms with Gasteiger partial charge in [-0.3, -0.25) is 0 Å². The Morgan fingerprint density at radius 3 is 2.95 bits per heavy atom. The third-order valence-corrected chi connectivity index (χ3v) is 3.62. The van der Waals surface area contributed by atoms with Crippen molar-refractivity contribution >= 4 is 16.6 Å². The number of nitrogens with zero attached hydrogens (tertiary/aromatic N) is 1. The number of halogens is 1. The van der Waals surface area contributed by atoms with Crippen LogP contribution in [0.15, 0.2) is 42.6 Å². The maximum Gasteiger partial charge on any atom is 0.129 e. The van der Waals surface area contributed by atoms with Gasteiger partial charge < -0.3 is 10.3 Å². The first-order valence-corrected chi connectivity index (χ1v) is 6.68. The molecule has 1 aromatic heterocycles. The summed E-state index contributed by atoms with van der Waals surface area (Å²) in [5.41, 5.74) is 3.65. The van der Waals surface area contributed by atoms with Crippen LogP contribution in [0.5, 0.6) is 0 Å². The summed E-state index contributed by atoms with van der Waals surface area (Å²) in [6.45, 7) is 2.26. The van der Waals surface area contributed by atoms with Gasteiger partial charge in [0.2, 0.25) is 0 Å². The van der Waals surface area contributed by atoms with Gasteiger partial charge in [0.05, 0.1) is 17.1 Å². The van der Waals surface area contributed by atoms with Crippen LogP contribution in [0.25, 0.3) is 10.9 Å². The molecule has 0 saturated carbocycles. The Morgan fingerprint density at radius 1 is 1.29 bits per heavy atom. The number of fused-ring (bicyclic) bond motifs is 1. The fraction of sp³-hybridized carbons (Fsp3) is 0.118. The van der Waals surface area contributed by atoms with E-state index in [4.69, 9.17) is 5.26 Å². The molecule has 0 saturated heterocycles. The minimum absolute atomic E-state index is 0.318. The Morgan fingerprint density at radius 2 is 2.14 bits per heavy atom. The molecule has 4 heteroatoms. The summed E-state index contributed by atoms with van der Waals surface area (Å²) in [7, 11) is 0. The number of nitrogens with one attached hydrogen (secondary N) is 2. The second kappa shape index (κ2) is 5.29. The highest BCUT2D eigenvalue weighted by Crippen LogP contribution is 2.23. The number of rotatable bonds is 3. The number of hydrogen-bond acceptors (Lipinski definition) is 2. The van der Waals surface area contributed by atoms with Crippen LogP contribution in [-0.4, -0.2) is 4.98 Å². The Kier molecular flexibility index (Phi) is 3.33. The number of aromatic nitrogens is 1. The van der Waals surface area contributed by atoms with Crippen molar-refractivity contribution in [3.63, 3.8) is 0 Å². The van der Waals surface area contributed by atoms with Crippen molar-refractivity contribution in [2.24, 2.45) is 0 Å². The minimum Gasteiger partial charge on any atom is -0.381 e. The molecule has 0 radical (unpaired) electrons. The van der Waals surface area contributed by atoms with Gasteiger partial charge >= 0.3 is 0 Å². The second-order valence-electron chi connectivity index (χ2n) is 4.96. The minimum atomic E-state index is -0.366. The number of benzene rings is 2. The van der Waals surface area contributed by atoms with Crippen LogP contribution >= 0.6 is 0 Å². The van der Waals surface area contributed by atoms with Gasteiger partial charge in [-0.25, -0.2) is 4.39 Å². The van der Waals surface area contributed by atoms with Crippen LogP contribution < -0.4 is 5.32 Å². The van der Waals surface area contributed by atoms with E-state index in [0.29, 0.717) is 23.4 Å². The predicted molar refractivity (Wildman–Crippen MR) is 81.5 cm³/mol. The lowest BCUT2D eigenvalue weighted by Crippen LogP contribution is -2.03. The first-order chi connectivity index (χ1) is 10.2. The quantitative estimate of drug-likeness (QED) is 0.758.